The normalized spacial score (nSPS) is 12.5. The van der Waals surface area contributed by atoms with Crippen LogP contribution in [0.2, 0.25) is 0 Å². The van der Waals surface area contributed by atoms with E-state index in [-0.39, 0.29) is 6.92 Å². The van der Waals surface area contributed by atoms with Gasteiger partial charge >= 0.3 is 6.92 Å². The highest BCUT2D eigenvalue weighted by molar-refractivity contribution is 7.20. The summed E-state index contributed by atoms with van der Waals surface area (Å²) in [7, 11) is -2.82. The van der Waals surface area contributed by atoms with Crippen molar-refractivity contribution in [2.24, 2.45) is 0 Å². The lowest BCUT2D eigenvalue weighted by Gasteiger charge is -2.36. The summed E-state index contributed by atoms with van der Waals surface area (Å²) in [5.41, 5.74) is 12.5. The van der Waals surface area contributed by atoms with Gasteiger partial charge in [0, 0.05) is 32.9 Å². The molecule has 65 heavy (non-hydrogen) atoms. The van der Waals surface area contributed by atoms with Crippen molar-refractivity contribution in [3.05, 3.63) is 243 Å². The van der Waals surface area contributed by atoms with Crippen molar-refractivity contribution < 1.29 is 9.39 Å². The first-order valence-electron chi connectivity index (χ1n) is 22.4. The number of nitrogens with zero attached hydrogens (tertiary/aromatic N) is 1. The van der Waals surface area contributed by atoms with Crippen LogP contribution in [0.4, 0.5) is 0 Å². The van der Waals surface area contributed by atoms with E-state index in [4.69, 9.17) is 9.39 Å². The van der Waals surface area contributed by atoms with Crippen LogP contribution in [0.5, 0.6) is 17.2 Å². The molecule has 5 heteroatoms. The Balaban J connectivity index is 0.899. The maximum Gasteiger partial charge on any atom is 0.434 e. The molecule has 2 aliphatic rings. The van der Waals surface area contributed by atoms with E-state index in [2.05, 4.69) is 247 Å². The number of para-hydroxylation sites is 2. The van der Waals surface area contributed by atoms with E-state index in [1.54, 1.807) is 0 Å². The Bertz CT molecular complexity index is 3460. The maximum atomic E-state index is 7.13. The summed E-state index contributed by atoms with van der Waals surface area (Å²) in [6.07, 6.45) is 0. The minimum Gasteiger partial charge on any atom is -0.551 e. The van der Waals surface area contributed by atoms with Crippen LogP contribution in [0.15, 0.2) is 243 Å². The van der Waals surface area contributed by atoms with E-state index < -0.39 is 8.07 Å². The van der Waals surface area contributed by atoms with E-state index in [1.165, 1.54) is 48.1 Å². The molecule has 0 saturated heterocycles. The summed E-state index contributed by atoms with van der Waals surface area (Å²) in [4.78, 5) is 0. The first-order valence-corrected chi connectivity index (χ1v) is 24.4. The van der Waals surface area contributed by atoms with Crippen LogP contribution in [-0.4, -0.2) is 19.6 Å². The van der Waals surface area contributed by atoms with Crippen LogP contribution in [0, 0.1) is 0 Å². The highest BCUT2D eigenvalue weighted by Crippen LogP contribution is 2.42. The summed E-state index contributed by atoms with van der Waals surface area (Å²) >= 11 is 0. The second kappa shape index (κ2) is 15.0. The largest absolute Gasteiger partial charge is 0.551 e. The number of rotatable bonds is 7. The van der Waals surface area contributed by atoms with Crippen LogP contribution >= 0.6 is 0 Å². The second-order valence-corrected chi connectivity index (χ2v) is 20.9. The van der Waals surface area contributed by atoms with E-state index in [1.807, 2.05) is 0 Å². The summed E-state index contributed by atoms with van der Waals surface area (Å²) in [5.74, 6) is 2.53. The van der Waals surface area contributed by atoms with Crippen LogP contribution in [0.3, 0.4) is 0 Å². The molecule has 0 radical (unpaired) electrons. The fourth-order valence-corrected chi connectivity index (χ4v) is 15.8. The smallest absolute Gasteiger partial charge is 0.434 e. The third kappa shape index (κ3) is 5.83. The second-order valence-electron chi connectivity index (χ2n) is 17.1. The van der Waals surface area contributed by atoms with Gasteiger partial charge in [-0.1, -0.05) is 194 Å². The van der Waals surface area contributed by atoms with Crippen LogP contribution < -0.4 is 41.1 Å². The van der Waals surface area contributed by atoms with Crippen molar-refractivity contribution in [3.8, 4) is 56.3 Å². The standard InChI is InChI=1S/C60H40BNO2Si/c1-4-17-45(18-5-1)65(46-19-6-2-7-20-46,47-21-8-3-9-22-47)59-30-15-12-23-48(59)43-34-37-56-52(39-43)51-26-16-29-58-60(51)61(64-56)53-40-42(33-38-57(53)63-58)41-31-35-44(36-32-41)62-54-27-13-10-24-49(54)50-25-11-14-28-55(50)62/h1-40H. The summed E-state index contributed by atoms with van der Waals surface area (Å²) in [5, 5.41) is 7.91. The summed E-state index contributed by atoms with van der Waals surface area (Å²) < 4.78 is 16.2. The fourth-order valence-electron chi connectivity index (χ4n) is 10.8. The molecule has 0 aliphatic carbocycles. The van der Waals surface area contributed by atoms with E-state index in [0.717, 1.165) is 61.7 Å². The minimum absolute atomic E-state index is 0.318. The van der Waals surface area contributed by atoms with Gasteiger partial charge in [-0.2, -0.15) is 0 Å². The fraction of sp³-hybridized carbons (Fsp3) is 0. The first kappa shape index (κ1) is 37.4. The Kier molecular flexibility index (Phi) is 8.65. The summed E-state index contributed by atoms with van der Waals surface area (Å²) in [6, 6.07) is 88.4. The molecule has 0 saturated carbocycles. The number of aromatic nitrogens is 1. The Morgan fingerprint density at radius 3 is 1.57 bits per heavy atom. The Morgan fingerprint density at radius 2 is 0.908 bits per heavy atom. The average Bonchev–Trinajstić information content (AvgIpc) is 3.72. The van der Waals surface area contributed by atoms with Crippen LogP contribution in [0.25, 0.3) is 60.9 Å². The van der Waals surface area contributed by atoms with Crippen LogP contribution in [0.1, 0.15) is 0 Å². The molecule has 0 N–H and O–H groups in total. The molecule has 0 bridgehead atoms. The van der Waals surface area contributed by atoms with Crippen molar-refractivity contribution in [1.82, 2.24) is 4.57 Å². The predicted octanol–water partition coefficient (Wildman–Crippen LogP) is 10.8. The van der Waals surface area contributed by atoms with Crippen molar-refractivity contribution >= 4 is 68.5 Å². The SMILES string of the molecule is c1ccc([Si](c2ccccc2)(c2ccccc2)c2ccccc2-c2ccc3c(c2)-c2cccc4c2B(O3)c2cc(-c3ccc(-n5c6ccccc6c6ccccc65)cc3)ccc2O4)cc1. The first-order chi connectivity index (χ1) is 32.2. The molecule has 0 unspecified atom stereocenters. The van der Waals surface area contributed by atoms with Crippen molar-refractivity contribution in [3.63, 3.8) is 0 Å². The van der Waals surface area contributed by atoms with Gasteiger partial charge in [-0.15, -0.1) is 0 Å². The topological polar surface area (TPSA) is 23.4 Å². The third-order valence-electron chi connectivity index (χ3n) is 13.7. The molecular formula is C60H40BNO2Si. The Labute approximate surface area is 379 Å². The van der Waals surface area contributed by atoms with Gasteiger partial charge in [-0.3, -0.25) is 0 Å². The van der Waals surface area contributed by atoms with Crippen LogP contribution in [-0.2, 0) is 0 Å². The molecule has 0 amide bonds. The number of ether oxygens (including phenoxy) is 1. The molecule has 11 aromatic rings. The monoisotopic (exact) mass is 845 g/mol. The summed E-state index contributed by atoms with van der Waals surface area (Å²) in [6.45, 7) is -0.318. The van der Waals surface area contributed by atoms with Crippen molar-refractivity contribution in [2.45, 2.75) is 0 Å². The van der Waals surface area contributed by atoms with Gasteiger partial charge in [0.2, 0.25) is 0 Å². The minimum atomic E-state index is -2.82. The predicted molar refractivity (Wildman–Crippen MR) is 273 cm³/mol. The zero-order valence-corrected chi connectivity index (χ0v) is 36.4. The highest BCUT2D eigenvalue weighted by atomic mass is 28.3. The molecule has 10 aromatic carbocycles. The zero-order chi connectivity index (χ0) is 42.9. The van der Waals surface area contributed by atoms with Gasteiger partial charge in [-0.25, -0.2) is 0 Å². The molecule has 3 nitrogen and oxygen atoms in total. The number of fused-ring (bicyclic) bond motifs is 7. The number of benzene rings is 10. The molecule has 0 fully saturated rings. The number of hydrogen-bond donors (Lipinski definition) is 0. The Morgan fingerprint density at radius 1 is 0.369 bits per heavy atom. The maximum absolute atomic E-state index is 7.13. The van der Waals surface area contributed by atoms with Crippen molar-refractivity contribution in [2.75, 3.05) is 0 Å². The molecule has 2 aliphatic heterocycles. The van der Waals surface area contributed by atoms with Gasteiger partial charge < -0.3 is 14.0 Å². The van der Waals surface area contributed by atoms with Gasteiger partial charge in [0.15, 0.2) is 8.07 Å². The van der Waals surface area contributed by atoms with Gasteiger partial charge in [0.25, 0.3) is 0 Å². The number of hydrogen-bond acceptors (Lipinski definition) is 2. The zero-order valence-electron chi connectivity index (χ0n) is 35.4. The van der Waals surface area contributed by atoms with E-state index >= 15 is 0 Å². The van der Waals surface area contributed by atoms with E-state index in [0.29, 0.717) is 0 Å². The molecule has 1 aromatic heterocycles. The average molecular weight is 846 g/mol. The lowest BCUT2D eigenvalue weighted by Crippen LogP contribution is -2.75. The Hall–Kier alpha value is -8.12. The van der Waals surface area contributed by atoms with Crippen molar-refractivity contribution in [1.29, 1.82) is 0 Å². The molecule has 13 rings (SSSR count). The highest BCUT2D eigenvalue weighted by Gasteiger charge is 2.44. The molecular weight excluding hydrogens is 806 g/mol. The lowest BCUT2D eigenvalue weighted by atomic mass is 9.50. The van der Waals surface area contributed by atoms with Gasteiger partial charge in [0.05, 0.1) is 11.0 Å². The van der Waals surface area contributed by atoms with Gasteiger partial charge in [0.1, 0.15) is 17.2 Å². The molecule has 0 spiro atoms. The molecule has 304 valence electrons. The molecule has 3 heterocycles. The molecule has 0 atom stereocenters. The van der Waals surface area contributed by atoms with Gasteiger partial charge in [-0.05, 0) is 97.1 Å². The quantitative estimate of drug-likeness (QED) is 0.118. The van der Waals surface area contributed by atoms with E-state index in [9.17, 15) is 0 Å². The third-order valence-corrected chi connectivity index (χ3v) is 18.5. The lowest BCUT2D eigenvalue weighted by molar-refractivity contribution is 0.479.